The number of rotatable bonds is 3. The van der Waals surface area contributed by atoms with E-state index in [1.807, 2.05) is 30.0 Å². The number of thiocarbonyl (C=S) groups is 1. The molecule has 3 rings (SSSR count). The van der Waals surface area contributed by atoms with Gasteiger partial charge in [-0.2, -0.15) is 0 Å². The molecule has 0 N–H and O–H groups in total. The number of benzene rings is 1. The molecule has 0 aromatic heterocycles. The number of carbonyl (C=O) groups excluding carboxylic acids is 1. The molecule has 0 unspecified atom stereocenters. The number of nitrogens with zero attached hydrogens (tertiary/aromatic N) is 3. The quantitative estimate of drug-likeness (QED) is 0.618. The molecule has 2 aliphatic heterocycles. The van der Waals surface area contributed by atoms with Crippen LogP contribution in [0.25, 0.3) is 0 Å². The Morgan fingerprint density at radius 1 is 1.13 bits per heavy atom. The molecule has 23 heavy (non-hydrogen) atoms. The van der Waals surface area contributed by atoms with Crippen molar-refractivity contribution in [2.75, 3.05) is 25.0 Å². The SMILES string of the molecule is CCN1C(=S)N(C)C(=O)/C1=C\C=C1/Sc2ccccc2N1CC. The van der Waals surface area contributed by atoms with Crippen molar-refractivity contribution in [1.29, 1.82) is 0 Å². The zero-order valence-corrected chi connectivity index (χ0v) is 15.1. The van der Waals surface area contributed by atoms with Gasteiger partial charge >= 0.3 is 0 Å². The Bertz CT molecular complexity index is 726. The Kier molecular flexibility index (Phi) is 4.46. The Hall–Kier alpha value is -1.79. The van der Waals surface area contributed by atoms with Gasteiger partial charge in [0, 0.05) is 25.0 Å². The van der Waals surface area contributed by atoms with Crippen molar-refractivity contribution in [1.82, 2.24) is 9.80 Å². The van der Waals surface area contributed by atoms with Crippen LogP contribution in [0.5, 0.6) is 0 Å². The van der Waals surface area contributed by atoms with Gasteiger partial charge in [0.15, 0.2) is 5.11 Å². The van der Waals surface area contributed by atoms with Gasteiger partial charge in [0.25, 0.3) is 5.91 Å². The molecule has 0 aliphatic carbocycles. The topological polar surface area (TPSA) is 26.8 Å². The fourth-order valence-electron chi connectivity index (χ4n) is 2.78. The van der Waals surface area contributed by atoms with Gasteiger partial charge in [-0.25, -0.2) is 0 Å². The molecule has 1 aromatic rings. The molecule has 0 saturated carbocycles. The van der Waals surface area contributed by atoms with Gasteiger partial charge in [0.1, 0.15) is 5.70 Å². The van der Waals surface area contributed by atoms with Crippen molar-refractivity contribution in [3.05, 3.63) is 47.1 Å². The van der Waals surface area contributed by atoms with Gasteiger partial charge in [0.05, 0.1) is 10.7 Å². The number of anilines is 1. The van der Waals surface area contributed by atoms with Crippen molar-refractivity contribution in [3.8, 4) is 0 Å². The first-order valence-electron chi connectivity index (χ1n) is 7.64. The molecule has 0 bridgehead atoms. The second kappa shape index (κ2) is 6.37. The Morgan fingerprint density at radius 2 is 1.83 bits per heavy atom. The highest BCUT2D eigenvalue weighted by Gasteiger charge is 2.34. The number of thioether (sulfide) groups is 1. The van der Waals surface area contributed by atoms with Crippen LogP contribution >= 0.6 is 24.0 Å². The van der Waals surface area contributed by atoms with E-state index in [-0.39, 0.29) is 5.91 Å². The van der Waals surface area contributed by atoms with E-state index in [1.165, 1.54) is 15.5 Å². The van der Waals surface area contributed by atoms with Crippen molar-refractivity contribution < 1.29 is 4.79 Å². The fraction of sp³-hybridized carbons (Fsp3) is 0.294. The predicted molar refractivity (Wildman–Crippen MR) is 99.2 cm³/mol. The molecule has 2 aliphatic rings. The maximum atomic E-state index is 12.3. The van der Waals surface area contributed by atoms with Gasteiger partial charge in [0.2, 0.25) is 0 Å². The summed E-state index contributed by atoms with van der Waals surface area (Å²) in [5.41, 5.74) is 1.86. The Labute approximate surface area is 146 Å². The van der Waals surface area contributed by atoms with E-state index in [2.05, 4.69) is 30.0 Å². The second-order valence-electron chi connectivity index (χ2n) is 5.26. The second-order valence-corrected chi connectivity index (χ2v) is 6.69. The van der Waals surface area contributed by atoms with E-state index < -0.39 is 0 Å². The number of carbonyl (C=O) groups is 1. The van der Waals surface area contributed by atoms with Gasteiger partial charge in [-0.05, 0) is 50.4 Å². The summed E-state index contributed by atoms with van der Waals surface area (Å²) < 4.78 is 0. The van der Waals surface area contributed by atoms with Gasteiger partial charge in [-0.1, -0.05) is 23.9 Å². The van der Waals surface area contributed by atoms with Crippen LogP contribution in [-0.2, 0) is 4.79 Å². The minimum Gasteiger partial charge on any atom is -0.335 e. The third-order valence-electron chi connectivity index (χ3n) is 3.99. The average Bonchev–Trinajstić information content (AvgIpc) is 3.02. The Balaban J connectivity index is 1.94. The highest BCUT2D eigenvalue weighted by Crippen LogP contribution is 2.45. The van der Waals surface area contributed by atoms with E-state index in [1.54, 1.807) is 18.8 Å². The van der Waals surface area contributed by atoms with Crippen LogP contribution in [0.15, 0.2) is 52.0 Å². The van der Waals surface area contributed by atoms with Crippen molar-refractivity contribution in [2.24, 2.45) is 0 Å². The summed E-state index contributed by atoms with van der Waals surface area (Å²) in [7, 11) is 1.72. The number of amides is 1. The monoisotopic (exact) mass is 345 g/mol. The van der Waals surface area contributed by atoms with E-state index in [4.69, 9.17) is 12.2 Å². The fourth-order valence-corrected chi connectivity index (χ4v) is 4.22. The number of para-hydroxylation sites is 1. The predicted octanol–water partition coefficient (Wildman–Crippen LogP) is 3.42. The molecule has 0 atom stereocenters. The van der Waals surface area contributed by atoms with Crippen LogP contribution in [0.2, 0.25) is 0 Å². The summed E-state index contributed by atoms with van der Waals surface area (Å²) >= 11 is 7.05. The van der Waals surface area contributed by atoms with Crippen LogP contribution < -0.4 is 4.90 Å². The van der Waals surface area contributed by atoms with Crippen LogP contribution in [0.4, 0.5) is 5.69 Å². The normalized spacial score (nSPS) is 21.1. The zero-order valence-electron chi connectivity index (χ0n) is 13.4. The maximum Gasteiger partial charge on any atom is 0.276 e. The summed E-state index contributed by atoms with van der Waals surface area (Å²) in [6.07, 6.45) is 3.91. The first kappa shape index (κ1) is 16.1. The van der Waals surface area contributed by atoms with Crippen LogP contribution in [0.3, 0.4) is 0 Å². The highest BCUT2D eigenvalue weighted by atomic mass is 32.2. The molecule has 1 fully saturated rings. The lowest BCUT2D eigenvalue weighted by atomic mass is 10.3. The summed E-state index contributed by atoms with van der Waals surface area (Å²) in [4.78, 5) is 19.2. The molecule has 4 nitrogen and oxygen atoms in total. The minimum atomic E-state index is -0.0442. The maximum absolute atomic E-state index is 12.3. The number of allylic oxidation sites excluding steroid dienone is 2. The van der Waals surface area contributed by atoms with E-state index in [0.29, 0.717) is 17.4 Å². The molecular formula is C17H19N3OS2. The van der Waals surface area contributed by atoms with Gasteiger partial charge in [-0.3, -0.25) is 9.69 Å². The third kappa shape index (κ3) is 2.66. The standard InChI is InChI=1S/C17H19N3OS2/c1-4-19-12-8-6-7-9-14(12)23-15(19)11-10-13-16(21)18(3)17(22)20(13)5-2/h6-11H,4-5H2,1-3H3/b13-10+,15-11-. The first-order chi connectivity index (χ1) is 11.1. The highest BCUT2D eigenvalue weighted by molar-refractivity contribution is 8.03. The van der Waals surface area contributed by atoms with Crippen molar-refractivity contribution in [2.45, 2.75) is 18.7 Å². The summed E-state index contributed by atoms with van der Waals surface area (Å²) in [5.74, 6) is -0.0442. The zero-order chi connectivity index (χ0) is 16.6. The van der Waals surface area contributed by atoms with E-state index in [9.17, 15) is 4.79 Å². The lowest BCUT2D eigenvalue weighted by Crippen LogP contribution is -2.29. The number of likely N-dealkylation sites (N-methyl/N-ethyl adjacent to an activating group) is 2. The lowest BCUT2D eigenvalue weighted by Gasteiger charge is -2.18. The summed E-state index contributed by atoms with van der Waals surface area (Å²) in [6, 6.07) is 8.35. The number of hydrogen-bond acceptors (Lipinski definition) is 4. The number of fused-ring (bicyclic) bond motifs is 1. The largest absolute Gasteiger partial charge is 0.335 e. The first-order valence-corrected chi connectivity index (χ1v) is 8.86. The molecular weight excluding hydrogens is 326 g/mol. The summed E-state index contributed by atoms with van der Waals surface area (Å²) in [5, 5.41) is 1.70. The molecule has 1 aromatic carbocycles. The van der Waals surface area contributed by atoms with Crippen LogP contribution in [-0.4, -0.2) is 41.0 Å². The van der Waals surface area contributed by atoms with E-state index >= 15 is 0 Å². The molecule has 120 valence electrons. The molecule has 1 amide bonds. The smallest absolute Gasteiger partial charge is 0.276 e. The van der Waals surface area contributed by atoms with Gasteiger partial charge in [-0.15, -0.1) is 0 Å². The summed E-state index contributed by atoms with van der Waals surface area (Å²) in [6.45, 7) is 5.71. The van der Waals surface area contributed by atoms with Crippen LogP contribution in [0.1, 0.15) is 13.8 Å². The molecule has 2 heterocycles. The third-order valence-corrected chi connectivity index (χ3v) is 5.61. The molecule has 0 spiro atoms. The molecule has 6 heteroatoms. The Morgan fingerprint density at radius 3 is 2.52 bits per heavy atom. The van der Waals surface area contributed by atoms with E-state index in [0.717, 1.165) is 11.6 Å². The molecule has 1 saturated heterocycles. The average molecular weight is 345 g/mol. The van der Waals surface area contributed by atoms with Crippen LogP contribution in [0, 0.1) is 0 Å². The molecule has 0 radical (unpaired) electrons. The number of hydrogen-bond donors (Lipinski definition) is 0. The van der Waals surface area contributed by atoms with Crippen molar-refractivity contribution in [3.63, 3.8) is 0 Å². The minimum absolute atomic E-state index is 0.0442. The van der Waals surface area contributed by atoms with Crippen molar-refractivity contribution >= 4 is 40.7 Å². The lowest BCUT2D eigenvalue weighted by molar-refractivity contribution is -0.121. The van der Waals surface area contributed by atoms with Gasteiger partial charge < -0.3 is 9.80 Å².